The fraction of sp³-hybridized carbons (Fsp3) is 0.636. The molecule has 1 aliphatic rings. The minimum absolute atomic E-state index is 0.604. The fourth-order valence-corrected chi connectivity index (χ4v) is 1.84. The lowest BCUT2D eigenvalue weighted by molar-refractivity contribution is 0.270. The predicted molar refractivity (Wildman–Crippen MR) is 62.4 cm³/mol. The van der Waals surface area contributed by atoms with Crippen LogP contribution in [0.15, 0.2) is 6.07 Å². The summed E-state index contributed by atoms with van der Waals surface area (Å²) in [5, 5.41) is 2.16. The Morgan fingerprint density at radius 1 is 1.25 bits per heavy atom. The monoisotopic (exact) mass is 222 g/mol. The van der Waals surface area contributed by atoms with Crippen LogP contribution in [0.2, 0.25) is 0 Å². The number of hydrazine groups is 1. The molecule has 1 fully saturated rings. The van der Waals surface area contributed by atoms with Crippen molar-refractivity contribution >= 4 is 5.95 Å². The van der Waals surface area contributed by atoms with Gasteiger partial charge in [-0.1, -0.05) is 6.42 Å². The maximum atomic E-state index is 5.12. The average Bonchev–Trinajstić information content (AvgIpc) is 2.29. The van der Waals surface area contributed by atoms with Crippen LogP contribution in [0, 0.1) is 6.92 Å². The quantitative estimate of drug-likeness (QED) is 0.842. The van der Waals surface area contributed by atoms with E-state index in [1.54, 1.807) is 7.11 Å². The van der Waals surface area contributed by atoms with E-state index < -0.39 is 0 Å². The Labute approximate surface area is 95.8 Å². The number of methoxy groups -OCH3 is 1. The van der Waals surface area contributed by atoms with Crippen LogP contribution in [0.4, 0.5) is 5.95 Å². The number of ether oxygens (including phenoxy) is 1. The molecule has 1 saturated heterocycles. The Morgan fingerprint density at radius 2 is 2.00 bits per heavy atom. The van der Waals surface area contributed by atoms with Gasteiger partial charge in [0.05, 0.1) is 7.11 Å². The van der Waals surface area contributed by atoms with E-state index in [1.165, 1.54) is 19.3 Å². The van der Waals surface area contributed by atoms with Gasteiger partial charge in [0.1, 0.15) is 0 Å². The second-order valence-electron chi connectivity index (χ2n) is 4.03. The summed E-state index contributed by atoms with van der Waals surface area (Å²) in [5.41, 5.74) is 4.14. The summed E-state index contributed by atoms with van der Waals surface area (Å²) in [6.07, 6.45) is 3.78. The molecule has 0 amide bonds. The topological polar surface area (TPSA) is 50.3 Å². The van der Waals surface area contributed by atoms with Gasteiger partial charge in [-0.3, -0.25) is 5.43 Å². The standard InChI is InChI=1S/C11H18N4O/c1-9-8-10(16-2)13-11(12-9)14-15-6-4-3-5-7-15/h8H,3-7H2,1-2H3,(H,12,13,14). The molecule has 1 aromatic heterocycles. The highest BCUT2D eigenvalue weighted by atomic mass is 16.5. The van der Waals surface area contributed by atoms with Crippen molar-refractivity contribution < 1.29 is 4.74 Å². The van der Waals surface area contributed by atoms with Crippen LogP contribution in [-0.2, 0) is 0 Å². The third-order valence-electron chi connectivity index (χ3n) is 2.65. The maximum absolute atomic E-state index is 5.12. The minimum atomic E-state index is 0.604. The highest BCUT2D eigenvalue weighted by molar-refractivity contribution is 5.29. The van der Waals surface area contributed by atoms with Gasteiger partial charge >= 0.3 is 0 Å². The van der Waals surface area contributed by atoms with E-state index in [0.717, 1.165) is 18.8 Å². The number of aryl methyl sites for hydroxylation is 1. The number of piperidine rings is 1. The second-order valence-corrected chi connectivity index (χ2v) is 4.03. The van der Waals surface area contributed by atoms with Gasteiger partial charge in [-0.15, -0.1) is 0 Å². The number of rotatable bonds is 3. The summed E-state index contributed by atoms with van der Waals surface area (Å²) in [6, 6.07) is 1.82. The van der Waals surface area contributed by atoms with E-state index in [-0.39, 0.29) is 0 Å². The normalized spacial score (nSPS) is 17.1. The molecular weight excluding hydrogens is 204 g/mol. The average molecular weight is 222 g/mol. The fourth-order valence-electron chi connectivity index (χ4n) is 1.84. The third-order valence-corrected chi connectivity index (χ3v) is 2.65. The Kier molecular flexibility index (Phi) is 3.56. The number of anilines is 1. The van der Waals surface area contributed by atoms with Crippen LogP contribution < -0.4 is 10.2 Å². The molecule has 0 spiro atoms. The van der Waals surface area contributed by atoms with Gasteiger partial charge in [0, 0.05) is 24.8 Å². The first-order chi connectivity index (χ1) is 7.78. The van der Waals surface area contributed by atoms with Gasteiger partial charge in [-0.25, -0.2) is 9.99 Å². The molecule has 1 aliphatic heterocycles. The van der Waals surface area contributed by atoms with E-state index in [9.17, 15) is 0 Å². The molecule has 1 aromatic rings. The Hall–Kier alpha value is -1.36. The molecule has 5 nitrogen and oxygen atoms in total. The van der Waals surface area contributed by atoms with Crippen LogP contribution >= 0.6 is 0 Å². The lowest BCUT2D eigenvalue weighted by Crippen LogP contribution is -2.35. The SMILES string of the molecule is COc1cc(C)nc(NN2CCCCC2)n1. The van der Waals surface area contributed by atoms with Crippen molar-refractivity contribution in [2.75, 3.05) is 25.6 Å². The Morgan fingerprint density at radius 3 is 2.69 bits per heavy atom. The zero-order valence-corrected chi connectivity index (χ0v) is 9.86. The molecule has 0 aromatic carbocycles. The molecule has 16 heavy (non-hydrogen) atoms. The molecule has 2 heterocycles. The number of nitrogens with zero attached hydrogens (tertiary/aromatic N) is 3. The van der Waals surface area contributed by atoms with Gasteiger partial charge in [0.2, 0.25) is 11.8 Å². The first-order valence-electron chi connectivity index (χ1n) is 5.69. The lowest BCUT2D eigenvalue weighted by atomic mass is 10.2. The summed E-state index contributed by atoms with van der Waals surface area (Å²) < 4.78 is 5.12. The molecule has 0 radical (unpaired) electrons. The van der Waals surface area contributed by atoms with E-state index in [1.807, 2.05) is 13.0 Å². The number of nitrogens with one attached hydrogen (secondary N) is 1. The summed E-state index contributed by atoms with van der Waals surface area (Å²) in [5.74, 6) is 1.23. The molecule has 2 rings (SSSR count). The zero-order chi connectivity index (χ0) is 11.4. The Bertz CT molecular complexity index is 350. The maximum Gasteiger partial charge on any atom is 0.241 e. The highest BCUT2D eigenvalue weighted by Crippen LogP contribution is 2.14. The van der Waals surface area contributed by atoms with E-state index >= 15 is 0 Å². The number of aromatic nitrogens is 2. The van der Waals surface area contributed by atoms with Crippen LogP contribution in [-0.4, -0.2) is 35.2 Å². The van der Waals surface area contributed by atoms with Crippen LogP contribution in [0.1, 0.15) is 25.0 Å². The van der Waals surface area contributed by atoms with Crippen molar-refractivity contribution in [1.29, 1.82) is 0 Å². The van der Waals surface area contributed by atoms with Gasteiger partial charge in [-0.2, -0.15) is 4.98 Å². The molecule has 0 aliphatic carbocycles. The second kappa shape index (κ2) is 5.12. The van der Waals surface area contributed by atoms with Crippen molar-refractivity contribution in [3.63, 3.8) is 0 Å². The highest BCUT2D eigenvalue weighted by Gasteiger charge is 2.11. The Balaban J connectivity index is 2.04. The van der Waals surface area contributed by atoms with E-state index in [0.29, 0.717) is 11.8 Å². The van der Waals surface area contributed by atoms with Crippen LogP contribution in [0.5, 0.6) is 5.88 Å². The largest absolute Gasteiger partial charge is 0.481 e. The molecule has 1 N–H and O–H groups in total. The number of hydrogen-bond donors (Lipinski definition) is 1. The van der Waals surface area contributed by atoms with Gasteiger partial charge < -0.3 is 4.74 Å². The van der Waals surface area contributed by atoms with E-state index in [4.69, 9.17) is 4.74 Å². The molecule has 88 valence electrons. The smallest absolute Gasteiger partial charge is 0.241 e. The van der Waals surface area contributed by atoms with Crippen molar-refractivity contribution in [3.05, 3.63) is 11.8 Å². The predicted octanol–water partition coefficient (Wildman–Crippen LogP) is 1.61. The zero-order valence-electron chi connectivity index (χ0n) is 9.86. The minimum Gasteiger partial charge on any atom is -0.481 e. The summed E-state index contributed by atoms with van der Waals surface area (Å²) in [7, 11) is 1.62. The van der Waals surface area contributed by atoms with Crippen molar-refractivity contribution in [2.24, 2.45) is 0 Å². The van der Waals surface area contributed by atoms with Gasteiger partial charge in [0.25, 0.3) is 0 Å². The molecule has 0 atom stereocenters. The van der Waals surface area contributed by atoms with Gasteiger partial charge in [0.15, 0.2) is 0 Å². The lowest BCUT2D eigenvalue weighted by Gasteiger charge is -2.26. The molecule has 0 unspecified atom stereocenters. The molecule has 5 heteroatoms. The first kappa shape index (κ1) is 11.1. The molecular formula is C11H18N4O. The summed E-state index contributed by atoms with van der Waals surface area (Å²) >= 11 is 0. The molecule has 0 bridgehead atoms. The molecule has 0 saturated carbocycles. The van der Waals surface area contributed by atoms with Crippen LogP contribution in [0.25, 0.3) is 0 Å². The number of hydrogen-bond acceptors (Lipinski definition) is 5. The van der Waals surface area contributed by atoms with Crippen molar-refractivity contribution in [1.82, 2.24) is 15.0 Å². The van der Waals surface area contributed by atoms with Crippen LogP contribution in [0.3, 0.4) is 0 Å². The third kappa shape index (κ3) is 2.82. The van der Waals surface area contributed by atoms with E-state index in [2.05, 4.69) is 20.4 Å². The summed E-state index contributed by atoms with van der Waals surface area (Å²) in [4.78, 5) is 8.59. The van der Waals surface area contributed by atoms with Crippen molar-refractivity contribution in [2.45, 2.75) is 26.2 Å². The van der Waals surface area contributed by atoms with Crippen molar-refractivity contribution in [3.8, 4) is 5.88 Å². The summed E-state index contributed by atoms with van der Waals surface area (Å²) in [6.45, 7) is 4.05. The first-order valence-corrected chi connectivity index (χ1v) is 5.69. The van der Waals surface area contributed by atoms with Gasteiger partial charge in [-0.05, 0) is 19.8 Å².